The van der Waals surface area contributed by atoms with Gasteiger partial charge in [0.25, 0.3) is 5.91 Å². The molecule has 2 aromatic heterocycles. The first-order valence-corrected chi connectivity index (χ1v) is 8.46. The fourth-order valence-electron chi connectivity index (χ4n) is 2.70. The molecule has 1 aliphatic heterocycles. The van der Waals surface area contributed by atoms with E-state index >= 15 is 0 Å². The van der Waals surface area contributed by atoms with Crippen LogP contribution in [0.2, 0.25) is 0 Å². The Labute approximate surface area is 132 Å². The van der Waals surface area contributed by atoms with Gasteiger partial charge in [0.2, 0.25) is 0 Å². The number of carbonyl (C=O) groups is 1. The largest absolute Gasteiger partial charge is 0.365 e. The summed E-state index contributed by atoms with van der Waals surface area (Å²) in [4.78, 5) is 23.1. The number of thiophene rings is 1. The van der Waals surface area contributed by atoms with E-state index in [-0.39, 0.29) is 5.91 Å². The number of aromatic nitrogens is 2. The van der Waals surface area contributed by atoms with E-state index in [0.717, 1.165) is 35.4 Å². The van der Waals surface area contributed by atoms with Crippen molar-refractivity contribution in [1.82, 2.24) is 15.3 Å². The normalized spacial score (nSPS) is 22.0. The van der Waals surface area contributed by atoms with Gasteiger partial charge in [0.15, 0.2) is 6.10 Å². The van der Waals surface area contributed by atoms with Gasteiger partial charge in [-0.2, -0.15) is 0 Å². The second-order valence-corrected chi connectivity index (χ2v) is 6.76. The highest BCUT2D eigenvalue weighted by Crippen LogP contribution is 2.31. The Morgan fingerprint density at radius 1 is 1.45 bits per heavy atom. The molecule has 4 rings (SSSR count). The van der Waals surface area contributed by atoms with E-state index in [1.165, 1.54) is 5.56 Å². The molecule has 3 heterocycles. The van der Waals surface area contributed by atoms with Crippen LogP contribution in [0.4, 0.5) is 5.82 Å². The quantitative estimate of drug-likeness (QED) is 0.928. The summed E-state index contributed by atoms with van der Waals surface area (Å²) in [7, 11) is 0. The third kappa shape index (κ3) is 2.55. The topological polar surface area (TPSA) is 67.3 Å². The predicted molar refractivity (Wildman–Crippen MR) is 85.3 cm³/mol. The molecule has 1 aliphatic carbocycles. The number of aryl methyl sites for hydroxylation is 1. The number of nitrogens with zero attached hydrogens (tertiary/aromatic N) is 3. The molecule has 7 heteroatoms. The van der Waals surface area contributed by atoms with Gasteiger partial charge in [-0.25, -0.2) is 9.97 Å². The lowest BCUT2D eigenvalue weighted by atomic mass is 10.2. The number of morpholine rings is 1. The van der Waals surface area contributed by atoms with Crippen molar-refractivity contribution in [3.63, 3.8) is 0 Å². The molecule has 22 heavy (non-hydrogen) atoms. The first kappa shape index (κ1) is 13.9. The van der Waals surface area contributed by atoms with E-state index in [9.17, 15) is 4.79 Å². The van der Waals surface area contributed by atoms with Crippen LogP contribution in [-0.4, -0.2) is 47.7 Å². The maximum atomic E-state index is 12.2. The van der Waals surface area contributed by atoms with E-state index in [2.05, 4.69) is 32.5 Å². The number of carbonyl (C=O) groups excluding carboxylic acids is 1. The van der Waals surface area contributed by atoms with Crippen LogP contribution < -0.4 is 10.2 Å². The monoisotopic (exact) mass is 318 g/mol. The van der Waals surface area contributed by atoms with Crippen molar-refractivity contribution < 1.29 is 9.53 Å². The fourth-order valence-corrected chi connectivity index (χ4v) is 3.72. The average Bonchev–Trinajstić information content (AvgIpc) is 3.28. The highest BCUT2D eigenvalue weighted by Gasteiger charge is 2.32. The summed E-state index contributed by atoms with van der Waals surface area (Å²) in [5.41, 5.74) is 2.17. The highest BCUT2D eigenvalue weighted by molar-refractivity contribution is 7.18. The maximum Gasteiger partial charge on any atom is 0.251 e. The number of rotatable bonds is 3. The number of nitrogens with one attached hydrogen (secondary N) is 1. The van der Waals surface area contributed by atoms with E-state index in [0.29, 0.717) is 19.2 Å². The summed E-state index contributed by atoms with van der Waals surface area (Å²) in [6.07, 6.45) is 3.36. The van der Waals surface area contributed by atoms with Gasteiger partial charge >= 0.3 is 0 Å². The van der Waals surface area contributed by atoms with Gasteiger partial charge < -0.3 is 15.0 Å². The molecule has 1 N–H and O–H groups in total. The Morgan fingerprint density at radius 3 is 3.14 bits per heavy atom. The van der Waals surface area contributed by atoms with Crippen molar-refractivity contribution in [3.05, 3.63) is 17.3 Å². The number of amides is 1. The smallest absolute Gasteiger partial charge is 0.251 e. The molecule has 1 unspecified atom stereocenters. The van der Waals surface area contributed by atoms with Crippen LogP contribution in [-0.2, 0) is 9.53 Å². The number of anilines is 1. The van der Waals surface area contributed by atoms with Gasteiger partial charge in [0, 0.05) is 12.6 Å². The van der Waals surface area contributed by atoms with Gasteiger partial charge in [0.1, 0.15) is 12.1 Å². The lowest BCUT2D eigenvalue weighted by molar-refractivity contribution is -0.133. The van der Waals surface area contributed by atoms with E-state index in [1.807, 2.05) is 0 Å². The summed E-state index contributed by atoms with van der Waals surface area (Å²) in [6.45, 7) is 3.89. The Hall–Kier alpha value is -1.73. The van der Waals surface area contributed by atoms with Crippen molar-refractivity contribution in [2.75, 3.05) is 24.6 Å². The summed E-state index contributed by atoms with van der Waals surface area (Å²) < 4.78 is 6.73. The van der Waals surface area contributed by atoms with Gasteiger partial charge in [-0.1, -0.05) is 0 Å². The summed E-state index contributed by atoms with van der Waals surface area (Å²) in [6, 6.07) is 0.358. The first-order chi connectivity index (χ1) is 10.7. The zero-order valence-corrected chi connectivity index (χ0v) is 13.2. The molecule has 1 saturated carbocycles. The molecule has 0 radical (unpaired) electrons. The standard InChI is InChI=1S/C15H18N4O2S/c1-9-7-22-13-12(9)16-8-17-14(13)19-4-5-21-11(6-19)15(20)18-10-2-3-10/h7-8,10-11H,2-6H2,1H3,(H,18,20). The molecular weight excluding hydrogens is 300 g/mol. The van der Waals surface area contributed by atoms with E-state index < -0.39 is 6.10 Å². The molecule has 0 aromatic carbocycles. The summed E-state index contributed by atoms with van der Waals surface area (Å²) >= 11 is 1.66. The highest BCUT2D eigenvalue weighted by atomic mass is 32.1. The zero-order valence-electron chi connectivity index (χ0n) is 12.4. The Balaban J connectivity index is 1.56. The second-order valence-electron chi connectivity index (χ2n) is 5.88. The molecule has 0 bridgehead atoms. The minimum atomic E-state index is -0.416. The van der Waals surface area contributed by atoms with Crippen molar-refractivity contribution in [1.29, 1.82) is 0 Å². The summed E-state index contributed by atoms with van der Waals surface area (Å²) in [5, 5.41) is 5.11. The third-order valence-corrected chi connectivity index (χ3v) is 5.18. The predicted octanol–water partition coefficient (Wildman–Crippen LogP) is 1.48. The van der Waals surface area contributed by atoms with Crippen molar-refractivity contribution in [3.8, 4) is 0 Å². The molecule has 0 spiro atoms. The van der Waals surface area contributed by atoms with Crippen LogP contribution in [0.5, 0.6) is 0 Å². The van der Waals surface area contributed by atoms with Crippen LogP contribution >= 0.6 is 11.3 Å². The lowest BCUT2D eigenvalue weighted by Gasteiger charge is -2.33. The number of ether oxygens (including phenoxy) is 1. The minimum absolute atomic E-state index is 0.000129. The fraction of sp³-hybridized carbons (Fsp3) is 0.533. The molecule has 6 nitrogen and oxygen atoms in total. The Bertz CT molecular complexity index is 713. The van der Waals surface area contributed by atoms with Gasteiger partial charge in [-0.05, 0) is 30.7 Å². The SMILES string of the molecule is Cc1csc2c(N3CCOC(C(=O)NC4CC4)C3)ncnc12. The van der Waals surface area contributed by atoms with Gasteiger partial charge in [-0.15, -0.1) is 11.3 Å². The Kier molecular flexibility index (Phi) is 3.46. The van der Waals surface area contributed by atoms with Crippen LogP contribution in [0, 0.1) is 6.92 Å². The van der Waals surface area contributed by atoms with Crippen LogP contribution in [0.15, 0.2) is 11.7 Å². The molecule has 2 aromatic rings. The van der Waals surface area contributed by atoms with Crippen LogP contribution in [0.1, 0.15) is 18.4 Å². The van der Waals surface area contributed by atoms with Gasteiger partial charge in [-0.3, -0.25) is 4.79 Å². The Morgan fingerprint density at radius 2 is 2.32 bits per heavy atom. The number of hydrogen-bond acceptors (Lipinski definition) is 6. The van der Waals surface area contributed by atoms with E-state index in [4.69, 9.17) is 4.74 Å². The maximum absolute atomic E-state index is 12.2. The summed E-state index contributed by atoms with van der Waals surface area (Å²) in [5.74, 6) is 0.912. The van der Waals surface area contributed by atoms with Gasteiger partial charge in [0.05, 0.1) is 23.4 Å². The molecular formula is C15H18N4O2S. The molecule has 1 amide bonds. The van der Waals surface area contributed by atoms with Crippen molar-refractivity contribution in [2.24, 2.45) is 0 Å². The molecule has 116 valence electrons. The van der Waals surface area contributed by atoms with Crippen LogP contribution in [0.25, 0.3) is 10.2 Å². The van der Waals surface area contributed by atoms with Crippen molar-refractivity contribution in [2.45, 2.75) is 31.9 Å². The number of fused-ring (bicyclic) bond motifs is 1. The minimum Gasteiger partial charge on any atom is -0.365 e. The molecule has 1 atom stereocenters. The lowest BCUT2D eigenvalue weighted by Crippen LogP contribution is -2.50. The average molecular weight is 318 g/mol. The van der Waals surface area contributed by atoms with Crippen molar-refractivity contribution >= 4 is 33.3 Å². The van der Waals surface area contributed by atoms with Crippen LogP contribution in [0.3, 0.4) is 0 Å². The zero-order chi connectivity index (χ0) is 15.1. The molecule has 2 fully saturated rings. The first-order valence-electron chi connectivity index (χ1n) is 7.58. The number of hydrogen-bond donors (Lipinski definition) is 1. The van der Waals surface area contributed by atoms with E-state index in [1.54, 1.807) is 17.7 Å². The third-order valence-electron chi connectivity index (χ3n) is 4.09. The molecule has 1 saturated heterocycles. The molecule has 2 aliphatic rings. The second kappa shape index (κ2) is 5.48.